The molecule has 1 amide bonds. The second-order valence-corrected chi connectivity index (χ2v) is 5.51. The molecule has 3 heterocycles. The Hall–Kier alpha value is -2.17. The van der Waals surface area contributed by atoms with Gasteiger partial charge in [0.05, 0.1) is 11.7 Å². The van der Waals surface area contributed by atoms with Crippen LogP contribution < -0.4 is 0 Å². The molecule has 2 aromatic rings. The third kappa shape index (κ3) is 2.96. The standard InChI is InChI=1S/C16H20N4O/c1-19-12-8-14(18-19)15-5-3-2-4-11-20(15)16(21)13-6-9-17-10-7-13/h6-10,12,15H,2-5,11H2,1H3/t15-/m0/s1. The SMILES string of the molecule is Cn1ccc([C@@H]2CCCCCN2C(=O)c2ccncc2)n1. The van der Waals surface area contributed by atoms with Crippen LogP contribution in [0.4, 0.5) is 0 Å². The van der Waals surface area contributed by atoms with Crippen LogP contribution in [0.3, 0.4) is 0 Å². The normalized spacial score (nSPS) is 19.3. The monoisotopic (exact) mass is 284 g/mol. The molecule has 0 aromatic carbocycles. The number of rotatable bonds is 2. The molecule has 0 bridgehead atoms. The van der Waals surface area contributed by atoms with Crippen LogP contribution in [0.2, 0.25) is 0 Å². The summed E-state index contributed by atoms with van der Waals surface area (Å²) in [5.74, 6) is 0.0787. The Bertz CT molecular complexity index is 608. The van der Waals surface area contributed by atoms with E-state index in [1.165, 1.54) is 6.42 Å². The van der Waals surface area contributed by atoms with E-state index in [1.807, 2.05) is 24.2 Å². The zero-order valence-corrected chi connectivity index (χ0v) is 12.3. The van der Waals surface area contributed by atoms with Crippen LogP contribution in [0.1, 0.15) is 47.8 Å². The number of amides is 1. The highest BCUT2D eigenvalue weighted by Crippen LogP contribution is 2.30. The Morgan fingerprint density at radius 1 is 1.19 bits per heavy atom. The van der Waals surface area contributed by atoms with Crippen LogP contribution >= 0.6 is 0 Å². The van der Waals surface area contributed by atoms with Crippen molar-refractivity contribution in [1.29, 1.82) is 0 Å². The third-order valence-corrected chi connectivity index (χ3v) is 4.02. The van der Waals surface area contributed by atoms with Gasteiger partial charge in [0.15, 0.2) is 0 Å². The molecule has 0 saturated carbocycles. The number of hydrogen-bond acceptors (Lipinski definition) is 3. The summed E-state index contributed by atoms with van der Waals surface area (Å²) in [6.07, 6.45) is 9.62. The van der Waals surface area contributed by atoms with Crippen molar-refractivity contribution in [1.82, 2.24) is 19.7 Å². The first-order chi connectivity index (χ1) is 10.3. The van der Waals surface area contributed by atoms with Crippen LogP contribution in [-0.2, 0) is 7.05 Å². The summed E-state index contributed by atoms with van der Waals surface area (Å²) in [5.41, 5.74) is 1.69. The van der Waals surface area contributed by atoms with Crippen molar-refractivity contribution in [3.8, 4) is 0 Å². The van der Waals surface area contributed by atoms with E-state index in [-0.39, 0.29) is 11.9 Å². The van der Waals surface area contributed by atoms with Gasteiger partial charge in [-0.1, -0.05) is 12.8 Å². The zero-order chi connectivity index (χ0) is 14.7. The Morgan fingerprint density at radius 2 is 2.00 bits per heavy atom. The molecule has 0 spiro atoms. The lowest BCUT2D eigenvalue weighted by Crippen LogP contribution is -2.35. The Morgan fingerprint density at radius 3 is 2.71 bits per heavy atom. The molecule has 2 aromatic heterocycles. The van der Waals surface area contributed by atoms with Gasteiger partial charge in [-0.15, -0.1) is 0 Å². The van der Waals surface area contributed by atoms with E-state index in [9.17, 15) is 4.79 Å². The molecule has 0 aliphatic carbocycles. The highest BCUT2D eigenvalue weighted by Gasteiger charge is 2.28. The molecule has 1 aliphatic heterocycles. The molecule has 1 saturated heterocycles. The molecule has 0 radical (unpaired) electrons. The molecule has 1 atom stereocenters. The van der Waals surface area contributed by atoms with Crippen LogP contribution in [0.5, 0.6) is 0 Å². The summed E-state index contributed by atoms with van der Waals surface area (Å²) in [6.45, 7) is 0.794. The van der Waals surface area contributed by atoms with Gasteiger partial charge in [0.1, 0.15) is 0 Å². The summed E-state index contributed by atoms with van der Waals surface area (Å²) in [4.78, 5) is 18.8. The van der Waals surface area contributed by atoms with E-state index in [0.29, 0.717) is 5.56 Å². The topological polar surface area (TPSA) is 51.0 Å². The molecule has 21 heavy (non-hydrogen) atoms. The third-order valence-electron chi connectivity index (χ3n) is 4.02. The second-order valence-electron chi connectivity index (χ2n) is 5.51. The van der Waals surface area contributed by atoms with Gasteiger partial charge >= 0.3 is 0 Å². The summed E-state index contributed by atoms with van der Waals surface area (Å²) in [7, 11) is 1.91. The number of likely N-dealkylation sites (tertiary alicyclic amines) is 1. The first-order valence-corrected chi connectivity index (χ1v) is 7.46. The van der Waals surface area contributed by atoms with Crippen molar-refractivity contribution in [2.24, 2.45) is 7.05 Å². The Labute approximate surface area is 124 Å². The van der Waals surface area contributed by atoms with Crippen molar-refractivity contribution in [3.05, 3.63) is 48.0 Å². The van der Waals surface area contributed by atoms with Crippen molar-refractivity contribution in [2.75, 3.05) is 6.54 Å². The quantitative estimate of drug-likeness (QED) is 0.851. The fraction of sp³-hybridized carbons (Fsp3) is 0.438. The lowest BCUT2D eigenvalue weighted by Gasteiger charge is -2.29. The second kappa shape index (κ2) is 6.08. The predicted octanol–water partition coefficient (Wildman–Crippen LogP) is 2.57. The first kappa shape index (κ1) is 13.8. The molecule has 0 N–H and O–H groups in total. The molecule has 5 nitrogen and oxygen atoms in total. The number of carbonyl (C=O) groups excluding carboxylic acids is 1. The lowest BCUT2D eigenvalue weighted by molar-refractivity contribution is 0.0676. The summed E-state index contributed by atoms with van der Waals surface area (Å²) < 4.78 is 1.80. The maximum Gasteiger partial charge on any atom is 0.254 e. The first-order valence-electron chi connectivity index (χ1n) is 7.46. The average molecular weight is 284 g/mol. The van der Waals surface area contributed by atoms with Gasteiger partial charge in [0, 0.05) is 37.7 Å². The van der Waals surface area contributed by atoms with E-state index in [4.69, 9.17) is 0 Å². The van der Waals surface area contributed by atoms with E-state index >= 15 is 0 Å². The average Bonchev–Trinajstić information content (AvgIpc) is 2.80. The molecular weight excluding hydrogens is 264 g/mol. The van der Waals surface area contributed by atoms with Crippen molar-refractivity contribution in [2.45, 2.75) is 31.7 Å². The summed E-state index contributed by atoms with van der Waals surface area (Å²) in [5, 5.41) is 4.51. The number of hydrogen-bond donors (Lipinski definition) is 0. The smallest absolute Gasteiger partial charge is 0.254 e. The minimum Gasteiger partial charge on any atom is -0.330 e. The maximum atomic E-state index is 12.8. The molecule has 0 unspecified atom stereocenters. The van der Waals surface area contributed by atoms with Crippen LogP contribution in [0.25, 0.3) is 0 Å². The number of carbonyl (C=O) groups is 1. The van der Waals surface area contributed by atoms with Crippen molar-refractivity contribution >= 4 is 5.91 Å². The van der Waals surface area contributed by atoms with Gasteiger partial charge in [0.25, 0.3) is 5.91 Å². The number of nitrogens with zero attached hydrogens (tertiary/aromatic N) is 4. The van der Waals surface area contributed by atoms with Gasteiger partial charge < -0.3 is 4.90 Å². The lowest BCUT2D eigenvalue weighted by atomic mass is 10.1. The maximum absolute atomic E-state index is 12.8. The minimum absolute atomic E-state index is 0.0781. The molecule has 3 rings (SSSR count). The zero-order valence-electron chi connectivity index (χ0n) is 12.3. The Kier molecular flexibility index (Phi) is 3.99. The van der Waals surface area contributed by atoms with E-state index in [0.717, 1.165) is 31.5 Å². The largest absolute Gasteiger partial charge is 0.330 e. The predicted molar refractivity (Wildman–Crippen MR) is 79.7 cm³/mol. The fourth-order valence-corrected chi connectivity index (χ4v) is 2.93. The Balaban J connectivity index is 1.90. The van der Waals surface area contributed by atoms with E-state index in [2.05, 4.69) is 10.1 Å². The molecule has 1 aliphatic rings. The molecule has 5 heteroatoms. The van der Waals surface area contributed by atoms with Crippen molar-refractivity contribution in [3.63, 3.8) is 0 Å². The van der Waals surface area contributed by atoms with Crippen LogP contribution in [-0.4, -0.2) is 32.1 Å². The summed E-state index contributed by atoms with van der Waals surface area (Å²) >= 11 is 0. The van der Waals surface area contributed by atoms with Gasteiger partial charge in [-0.25, -0.2) is 0 Å². The molecule has 110 valence electrons. The van der Waals surface area contributed by atoms with Gasteiger partial charge in [-0.2, -0.15) is 5.10 Å². The van der Waals surface area contributed by atoms with E-state index < -0.39 is 0 Å². The molecular formula is C16H20N4O. The molecule has 1 fully saturated rings. The number of aromatic nitrogens is 3. The highest BCUT2D eigenvalue weighted by atomic mass is 16.2. The van der Waals surface area contributed by atoms with Gasteiger partial charge in [-0.3, -0.25) is 14.5 Å². The van der Waals surface area contributed by atoms with Gasteiger partial charge in [-0.05, 0) is 31.0 Å². The van der Waals surface area contributed by atoms with Crippen molar-refractivity contribution < 1.29 is 4.79 Å². The number of pyridine rings is 1. The summed E-state index contributed by atoms with van der Waals surface area (Å²) in [6, 6.07) is 5.66. The highest BCUT2D eigenvalue weighted by molar-refractivity contribution is 5.94. The minimum atomic E-state index is 0.0781. The van der Waals surface area contributed by atoms with E-state index in [1.54, 1.807) is 29.2 Å². The fourth-order valence-electron chi connectivity index (χ4n) is 2.93. The van der Waals surface area contributed by atoms with Crippen LogP contribution in [0, 0.1) is 0 Å². The number of aryl methyl sites for hydroxylation is 1. The van der Waals surface area contributed by atoms with Gasteiger partial charge in [0.2, 0.25) is 0 Å². The van der Waals surface area contributed by atoms with Crippen LogP contribution in [0.15, 0.2) is 36.8 Å².